The molecule has 0 radical (unpaired) electrons. The first-order chi connectivity index (χ1) is 15.5. The highest BCUT2D eigenvalue weighted by atomic mass is 32.2. The number of thioether (sulfide) groups is 2. The van der Waals surface area contributed by atoms with Crippen LogP contribution in [0.5, 0.6) is 0 Å². The fourth-order valence-corrected chi connectivity index (χ4v) is 5.74. The Kier molecular flexibility index (Phi) is 7.32. The van der Waals surface area contributed by atoms with Gasteiger partial charge in [-0.15, -0.1) is 23.5 Å². The molecular weight excluding hydrogens is 474 g/mol. The van der Waals surface area contributed by atoms with Gasteiger partial charge in [-0.05, 0) is 39.2 Å². The van der Waals surface area contributed by atoms with Crippen LogP contribution in [-0.4, -0.2) is 86.4 Å². The maximum atomic E-state index is 12.9. The number of nitrogens with one attached hydrogen (secondary N) is 1. The van der Waals surface area contributed by atoms with Crippen LogP contribution in [0.1, 0.15) is 26.5 Å². The van der Waals surface area contributed by atoms with Crippen molar-refractivity contribution in [2.75, 3.05) is 25.2 Å². The van der Waals surface area contributed by atoms with Gasteiger partial charge in [-0.1, -0.05) is 5.16 Å². The third kappa shape index (κ3) is 5.46. The van der Waals surface area contributed by atoms with Gasteiger partial charge >= 0.3 is 11.9 Å². The minimum Gasteiger partial charge on any atom is -0.480 e. The monoisotopic (exact) mass is 499 g/mol. The molecule has 3 rings (SSSR count). The number of rotatable bonds is 8. The molecular formula is C20H25N3O8S2. The van der Waals surface area contributed by atoms with Gasteiger partial charge in [0.15, 0.2) is 5.76 Å². The van der Waals surface area contributed by atoms with Crippen molar-refractivity contribution in [1.82, 2.24) is 10.2 Å². The number of hydrogen-bond acceptors (Lipinski definition) is 10. The van der Waals surface area contributed by atoms with Gasteiger partial charge in [0.05, 0.1) is 6.26 Å². The van der Waals surface area contributed by atoms with Gasteiger partial charge in [0.25, 0.3) is 5.91 Å². The Morgan fingerprint density at radius 2 is 2.15 bits per heavy atom. The lowest BCUT2D eigenvalue weighted by Crippen LogP contribution is -2.74. The minimum absolute atomic E-state index is 0.0600. The maximum Gasteiger partial charge on any atom is 0.347 e. The second-order valence-corrected chi connectivity index (χ2v) is 10.7. The number of nitrogens with zero attached hydrogens (tertiary/aromatic N) is 2. The molecule has 11 nitrogen and oxygen atoms in total. The topological polar surface area (TPSA) is 148 Å². The summed E-state index contributed by atoms with van der Waals surface area (Å²) in [7, 11) is 0. The molecule has 3 atom stereocenters. The minimum atomic E-state index is -1.08. The number of hydrogen-bond donors (Lipinski definition) is 2. The molecule has 2 amide bonds. The number of fused-ring (bicyclic) bond motifs is 1. The Bertz CT molecular complexity index is 959. The Morgan fingerprint density at radius 3 is 2.73 bits per heavy atom. The van der Waals surface area contributed by atoms with Gasteiger partial charge in [-0.2, -0.15) is 0 Å². The molecule has 180 valence electrons. The summed E-state index contributed by atoms with van der Waals surface area (Å²) < 4.78 is 9.28. The number of carboxylic acids is 1. The number of carboxylic acid groups (broad SMARTS) is 1. The lowest BCUT2D eigenvalue weighted by atomic mass is 10.0. The maximum absolute atomic E-state index is 12.9. The fourth-order valence-electron chi connectivity index (χ4n) is 3.23. The number of esters is 1. The first-order valence-electron chi connectivity index (χ1n) is 9.94. The van der Waals surface area contributed by atoms with Crippen LogP contribution in [0.3, 0.4) is 0 Å². The summed E-state index contributed by atoms with van der Waals surface area (Å²) in [6.07, 6.45) is 3.04. The van der Waals surface area contributed by atoms with Gasteiger partial charge < -0.3 is 29.3 Å². The predicted octanol–water partition coefficient (Wildman–Crippen LogP) is 0.928. The SMILES string of the molecule is CSC1(C(=O)O)CS[C@@H]2C(NC(=O)C(=NOCC(=O)OC(C)(C)C)c3ccco3)C(=O)N2C1. The molecule has 2 aliphatic heterocycles. The number of carbonyl (C=O) groups is 4. The van der Waals surface area contributed by atoms with Crippen LogP contribution in [-0.2, 0) is 28.8 Å². The summed E-state index contributed by atoms with van der Waals surface area (Å²) in [5, 5.41) is 15.5. The molecule has 0 spiro atoms. The van der Waals surface area contributed by atoms with E-state index in [9.17, 15) is 24.3 Å². The molecule has 1 aromatic heterocycles. The highest BCUT2D eigenvalue weighted by Crippen LogP contribution is 2.43. The Labute approximate surface area is 198 Å². The number of amides is 2. The molecule has 2 fully saturated rings. The van der Waals surface area contributed by atoms with Gasteiger partial charge in [0.1, 0.15) is 21.8 Å². The van der Waals surface area contributed by atoms with Crippen molar-refractivity contribution < 1.29 is 38.3 Å². The molecule has 2 aliphatic rings. The quantitative estimate of drug-likeness (QED) is 0.229. The Balaban J connectivity index is 1.66. The summed E-state index contributed by atoms with van der Waals surface area (Å²) in [5.74, 6) is -2.37. The first-order valence-corrected chi connectivity index (χ1v) is 12.2. The van der Waals surface area contributed by atoms with E-state index in [-0.39, 0.29) is 29.3 Å². The molecule has 0 aliphatic carbocycles. The second kappa shape index (κ2) is 9.67. The fraction of sp³-hybridized carbons (Fsp3) is 0.550. The molecule has 3 heterocycles. The summed E-state index contributed by atoms with van der Waals surface area (Å²) in [5.41, 5.74) is -0.951. The van der Waals surface area contributed by atoms with Crippen molar-refractivity contribution in [3.63, 3.8) is 0 Å². The summed E-state index contributed by atoms with van der Waals surface area (Å²) in [4.78, 5) is 55.5. The highest BCUT2D eigenvalue weighted by Gasteiger charge is 2.57. The van der Waals surface area contributed by atoms with E-state index in [1.807, 2.05) is 0 Å². The van der Waals surface area contributed by atoms with Gasteiger partial charge in [0.2, 0.25) is 18.2 Å². The summed E-state index contributed by atoms with van der Waals surface area (Å²) in [6, 6.07) is 2.19. The number of aliphatic carboxylic acids is 1. The lowest BCUT2D eigenvalue weighted by Gasteiger charge is -2.53. The molecule has 1 aromatic rings. The summed E-state index contributed by atoms with van der Waals surface area (Å²) in [6.45, 7) is 4.66. The van der Waals surface area contributed by atoms with E-state index in [2.05, 4.69) is 10.5 Å². The number of β-lactam (4-membered cyclic amide) rings is 1. The van der Waals surface area contributed by atoms with Gasteiger partial charge in [0, 0.05) is 12.3 Å². The van der Waals surface area contributed by atoms with Crippen LogP contribution in [0, 0.1) is 0 Å². The van der Waals surface area contributed by atoms with E-state index < -0.39 is 40.8 Å². The van der Waals surface area contributed by atoms with Crippen molar-refractivity contribution in [3.8, 4) is 0 Å². The molecule has 0 bridgehead atoms. The van der Waals surface area contributed by atoms with Crippen LogP contribution in [0.2, 0.25) is 0 Å². The highest BCUT2D eigenvalue weighted by molar-refractivity contribution is 8.04. The van der Waals surface area contributed by atoms with E-state index in [0.717, 1.165) is 0 Å². The molecule has 2 saturated heterocycles. The van der Waals surface area contributed by atoms with Crippen molar-refractivity contribution in [3.05, 3.63) is 24.2 Å². The Morgan fingerprint density at radius 1 is 1.42 bits per heavy atom. The molecule has 0 saturated carbocycles. The smallest absolute Gasteiger partial charge is 0.347 e. The van der Waals surface area contributed by atoms with Crippen LogP contribution >= 0.6 is 23.5 Å². The number of oxime groups is 1. The third-order valence-corrected chi connectivity index (χ3v) is 7.79. The molecule has 13 heteroatoms. The van der Waals surface area contributed by atoms with Crippen LogP contribution in [0.15, 0.2) is 28.0 Å². The lowest BCUT2D eigenvalue weighted by molar-refractivity contribution is -0.160. The van der Waals surface area contributed by atoms with E-state index in [4.69, 9.17) is 14.0 Å². The van der Waals surface area contributed by atoms with E-state index in [0.29, 0.717) is 5.75 Å². The second-order valence-electron chi connectivity index (χ2n) is 8.40. The van der Waals surface area contributed by atoms with Crippen LogP contribution in [0.4, 0.5) is 0 Å². The van der Waals surface area contributed by atoms with Crippen molar-refractivity contribution in [1.29, 1.82) is 0 Å². The molecule has 2 N–H and O–H groups in total. The van der Waals surface area contributed by atoms with Crippen molar-refractivity contribution in [2.45, 2.75) is 42.5 Å². The largest absolute Gasteiger partial charge is 0.480 e. The molecule has 2 unspecified atom stereocenters. The normalized spacial score (nSPS) is 25.0. The average Bonchev–Trinajstić information content (AvgIpc) is 3.27. The molecule has 0 aromatic carbocycles. The van der Waals surface area contributed by atoms with Crippen LogP contribution < -0.4 is 5.32 Å². The van der Waals surface area contributed by atoms with Crippen LogP contribution in [0.25, 0.3) is 0 Å². The number of ether oxygens (including phenoxy) is 1. The molecule has 33 heavy (non-hydrogen) atoms. The third-order valence-electron chi connectivity index (χ3n) is 4.85. The van der Waals surface area contributed by atoms with E-state index in [1.165, 1.54) is 40.8 Å². The predicted molar refractivity (Wildman–Crippen MR) is 121 cm³/mol. The van der Waals surface area contributed by atoms with Crippen molar-refractivity contribution >= 4 is 53.0 Å². The zero-order chi connectivity index (χ0) is 24.4. The number of carbonyl (C=O) groups excluding carboxylic acids is 3. The first kappa shape index (κ1) is 25.0. The van der Waals surface area contributed by atoms with Crippen molar-refractivity contribution in [2.24, 2.45) is 5.16 Å². The Hall–Kier alpha value is -2.67. The number of furan rings is 1. The standard InChI is InChI=1S/C20H25N3O8S2/c1-19(2,3)31-12(24)8-30-22-13(11-6-5-7-29-11)15(25)21-14-16(26)23-9-20(32-4,18(27)28)10-33-17(14)23/h5-7,14,17H,8-10H2,1-4H3,(H,21,25)(H,27,28)/t14?,17-,20?/m1/s1. The van der Waals surface area contributed by atoms with Gasteiger partial charge in [-0.3, -0.25) is 14.4 Å². The van der Waals surface area contributed by atoms with E-state index >= 15 is 0 Å². The zero-order valence-corrected chi connectivity index (χ0v) is 20.2. The van der Waals surface area contributed by atoms with E-state index in [1.54, 1.807) is 33.1 Å². The zero-order valence-electron chi connectivity index (χ0n) is 18.5. The average molecular weight is 500 g/mol. The summed E-state index contributed by atoms with van der Waals surface area (Å²) >= 11 is 2.48. The van der Waals surface area contributed by atoms with Gasteiger partial charge in [-0.25, -0.2) is 4.79 Å².